The molecule has 0 fully saturated rings. The fourth-order valence-corrected chi connectivity index (χ4v) is 2.17. The summed E-state index contributed by atoms with van der Waals surface area (Å²) in [5, 5.41) is 6.41. The van der Waals surface area contributed by atoms with Gasteiger partial charge in [-0.3, -0.25) is 4.99 Å². The van der Waals surface area contributed by atoms with Crippen LogP contribution in [0.5, 0.6) is 5.75 Å². The van der Waals surface area contributed by atoms with Crippen LogP contribution in [-0.4, -0.2) is 26.7 Å². The maximum atomic E-state index is 13.5. The third kappa shape index (κ3) is 5.29. The van der Waals surface area contributed by atoms with Gasteiger partial charge in [0.25, 0.3) is 0 Å². The Morgan fingerprint density at radius 1 is 1.09 bits per heavy atom. The van der Waals surface area contributed by atoms with Gasteiger partial charge in [0.1, 0.15) is 11.6 Å². The Balaban J connectivity index is 1.78. The number of halogens is 1. The molecule has 0 heterocycles. The van der Waals surface area contributed by atoms with E-state index >= 15 is 0 Å². The molecule has 0 spiro atoms. The summed E-state index contributed by atoms with van der Waals surface area (Å²) in [5.41, 5.74) is 1.83. The van der Waals surface area contributed by atoms with Crippen LogP contribution < -0.4 is 15.4 Å². The van der Waals surface area contributed by atoms with Crippen molar-refractivity contribution in [2.75, 3.05) is 20.7 Å². The van der Waals surface area contributed by atoms with E-state index in [-0.39, 0.29) is 5.82 Å². The zero-order valence-corrected chi connectivity index (χ0v) is 13.5. The molecule has 5 heteroatoms. The Kier molecular flexibility index (Phi) is 6.41. The molecule has 0 amide bonds. The molecule has 2 aromatic rings. The number of ether oxygens (including phenoxy) is 1. The lowest BCUT2D eigenvalue weighted by Gasteiger charge is -2.12. The van der Waals surface area contributed by atoms with Gasteiger partial charge in [-0.15, -0.1) is 0 Å². The lowest BCUT2D eigenvalue weighted by Crippen LogP contribution is -2.37. The molecule has 0 unspecified atom stereocenters. The van der Waals surface area contributed by atoms with E-state index in [1.807, 2.05) is 30.3 Å². The highest BCUT2D eigenvalue weighted by molar-refractivity contribution is 5.79. The predicted octanol–water partition coefficient (Wildman–Crippen LogP) is 2.74. The van der Waals surface area contributed by atoms with E-state index in [0.717, 1.165) is 11.3 Å². The summed E-state index contributed by atoms with van der Waals surface area (Å²) in [7, 11) is 3.36. The number of rotatable bonds is 6. The Bertz CT molecular complexity index is 641. The minimum atomic E-state index is -0.171. The maximum absolute atomic E-state index is 13.5. The van der Waals surface area contributed by atoms with E-state index in [1.54, 1.807) is 26.3 Å². The Morgan fingerprint density at radius 2 is 1.83 bits per heavy atom. The summed E-state index contributed by atoms with van der Waals surface area (Å²) in [4.78, 5) is 4.17. The third-order valence-electron chi connectivity index (χ3n) is 3.49. The molecule has 4 nitrogen and oxygen atoms in total. The number of aliphatic imine (C=N–C) groups is 1. The summed E-state index contributed by atoms with van der Waals surface area (Å²) in [6.45, 7) is 1.27. The monoisotopic (exact) mass is 315 g/mol. The molecule has 23 heavy (non-hydrogen) atoms. The molecule has 0 radical (unpaired) electrons. The van der Waals surface area contributed by atoms with Crippen LogP contribution in [0, 0.1) is 5.82 Å². The summed E-state index contributed by atoms with van der Waals surface area (Å²) in [5.74, 6) is 1.36. The van der Waals surface area contributed by atoms with E-state index in [0.29, 0.717) is 31.0 Å². The van der Waals surface area contributed by atoms with Crippen molar-refractivity contribution in [1.82, 2.24) is 10.6 Å². The average molecular weight is 315 g/mol. The number of methoxy groups -OCH3 is 1. The molecule has 0 aliphatic rings. The standard InChI is InChI=1S/C18H22FN3O/c1-20-18(21-12-11-15-5-3-4-6-17(15)19)22-13-14-7-9-16(23-2)10-8-14/h3-10H,11-13H2,1-2H3,(H2,20,21,22). The highest BCUT2D eigenvalue weighted by atomic mass is 19.1. The van der Waals surface area contributed by atoms with E-state index in [9.17, 15) is 4.39 Å². The minimum Gasteiger partial charge on any atom is -0.497 e. The van der Waals surface area contributed by atoms with E-state index in [4.69, 9.17) is 4.74 Å². The zero-order chi connectivity index (χ0) is 16.5. The van der Waals surface area contributed by atoms with Crippen molar-refractivity contribution in [2.24, 2.45) is 4.99 Å². The normalized spacial score (nSPS) is 11.2. The predicted molar refractivity (Wildman–Crippen MR) is 91.3 cm³/mol. The van der Waals surface area contributed by atoms with E-state index in [1.165, 1.54) is 6.07 Å². The first kappa shape index (κ1) is 16.8. The minimum absolute atomic E-state index is 0.171. The first-order valence-electron chi connectivity index (χ1n) is 7.54. The van der Waals surface area contributed by atoms with Gasteiger partial charge in [0.15, 0.2) is 5.96 Å². The largest absolute Gasteiger partial charge is 0.497 e. The smallest absolute Gasteiger partial charge is 0.191 e. The molecule has 0 aliphatic heterocycles. The van der Waals surface area contributed by atoms with Gasteiger partial charge in [-0.2, -0.15) is 0 Å². The Labute approximate surface area is 136 Å². The lowest BCUT2D eigenvalue weighted by molar-refractivity contribution is 0.414. The summed E-state index contributed by atoms with van der Waals surface area (Å²) in [6, 6.07) is 14.7. The molecule has 0 bridgehead atoms. The SMILES string of the molecule is CN=C(NCCc1ccccc1F)NCc1ccc(OC)cc1. The highest BCUT2D eigenvalue weighted by Crippen LogP contribution is 2.10. The van der Waals surface area contributed by atoms with Gasteiger partial charge < -0.3 is 15.4 Å². The van der Waals surface area contributed by atoms with Crippen molar-refractivity contribution in [3.8, 4) is 5.75 Å². The fraction of sp³-hybridized carbons (Fsp3) is 0.278. The topological polar surface area (TPSA) is 45.7 Å². The number of hydrogen-bond acceptors (Lipinski definition) is 2. The van der Waals surface area contributed by atoms with E-state index in [2.05, 4.69) is 15.6 Å². The molecular formula is C18H22FN3O. The molecule has 0 atom stereocenters. The summed E-state index contributed by atoms with van der Waals surface area (Å²) >= 11 is 0. The number of benzene rings is 2. The van der Waals surface area contributed by atoms with E-state index < -0.39 is 0 Å². The number of nitrogens with zero attached hydrogens (tertiary/aromatic N) is 1. The molecule has 2 N–H and O–H groups in total. The molecule has 122 valence electrons. The van der Waals surface area contributed by atoms with Crippen LogP contribution in [0.2, 0.25) is 0 Å². The molecule has 0 aliphatic carbocycles. The average Bonchev–Trinajstić information content (AvgIpc) is 2.60. The van der Waals surface area contributed by atoms with Crippen LogP contribution in [0.25, 0.3) is 0 Å². The molecular weight excluding hydrogens is 293 g/mol. The van der Waals surface area contributed by atoms with Crippen LogP contribution in [0.4, 0.5) is 4.39 Å². The molecule has 2 aromatic carbocycles. The van der Waals surface area contributed by atoms with Crippen molar-refractivity contribution >= 4 is 5.96 Å². The molecule has 0 saturated carbocycles. The van der Waals surface area contributed by atoms with Crippen LogP contribution in [0.1, 0.15) is 11.1 Å². The Hall–Kier alpha value is -2.56. The van der Waals surface area contributed by atoms with Gasteiger partial charge in [-0.1, -0.05) is 30.3 Å². The van der Waals surface area contributed by atoms with Gasteiger partial charge >= 0.3 is 0 Å². The van der Waals surface area contributed by atoms with Crippen LogP contribution >= 0.6 is 0 Å². The lowest BCUT2D eigenvalue weighted by atomic mass is 10.1. The highest BCUT2D eigenvalue weighted by Gasteiger charge is 2.02. The second-order valence-electron chi connectivity index (χ2n) is 5.04. The third-order valence-corrected chi connectivity index (χ3v) is 3.49. The van der Waals surface area contributed by atoms with Crippen molar-refractivity contribution in [2.45, 2.75) is 13.0 Å². The Morgan fingerprint density at radius 3 is 2.48 bits per heavy atom. The van der Waals surface area contributed by atoms with Crippen molar-refractivity contribution < 1.29 is 9.13 Å². The van der Waals surface area contributed by atoms with Gasteiger partial charge in [0.05, 0.1) is 7.11 Å². The van der Waals surface area contributed by atoms with Crippen molar-refractivity contribution in [3.63, 3.8) is 0 Å². The molecule has 2 rings (SSSR count). The second-order valence-corrected chi connectivity index (χ2v) is 5.04. The number of guanidine groups is 1. The van der Waals surface area contributed by atoms with Crippen LogP contribution in [0.3, 0.4) is 0 Å². The van der Waals surface area contributed by atoms with Crippen molar-refractivity contribution in [3.05, 3.63) is 65.5 Å². The van der Waals surface area contributed by atoms with Gasteiger partial charge in [0, 0.05) is 20.1 Å². The van der Waals surface area contributed by atoms with Gasteiger partial charge in [-0.05, 0) is 35.7 Å². The summed E-state index contributed by atoms with van der Waals surface area (Å²) in [6.07, 6.45) is 0.607. The quantitative estimate of drug-likeness (QED) is 0.636. The molecule has 0 aromatic heterocycles. The van der Waals surface area contributed by atoms with Crippen LogP contribution in [-0.2, 0) is 13.0 Å². The zero-order valence-electron chi connectivity index (χ0n) is 13.5. The van der Waals surface area contributed by atoms with Crippen LogP contribution in [0.15, 0.2) is 53.5 Å². The van der Waals surface area contributed by atoms with Crippen molar-refractivity contribution in [1.29, 1.82) is 0 Å². The summed E-state index contributed by atoms with van der Waals surface area (Å²) < 4.78 is 18.7. The number of nitrogens with one attached hydrogen (secondary N) is 2. The van der Waals surface area contributed by atoms with Gasteiger partial charge in [0.2, 0.25) is 0 Å². The first-order chi connectivity index (χ1) is 11.2. The number of hydrogen-bond donors (Lipinski definition) is 2. The second kappa shape index (κ2) is 8.78. The maximum Gasteiger partial charge on any atom is 0.191 e. The first-order valence-corrected chi connectivity index (χ1v) is 7.54. The molecule has 0 saturated heterocycles. The van der Waals surface area contributed by atoms with Gasteiger partial charge in [-0.25, -0.2) is 4.39 Å². The fourth-order valence-electron chi connectivity index (χ4n) is 2.17.